The van der Waals surface area contributed by atoms with Crippen LogP contribution in [0, 0.1) is 6.92 Å². The molecule has 2 aromatic rings. The van der Waals surface area contributed by atoms with Crippen LogP contribution in [0.5, 0.6) is 0 Å². The van der Waals surface area contributed by atoms with E-state index in [2.05, 4.69) is 53.8 Å². The van der Waals surface area contributed by atoms with Crippen LogP contribution in [0.15, 0.2) is 38.9 Å². The van der Waals surface area contributed by atoms with Crippen molar-refractivity contribution >= 4 is 23.1 Å². The van der Waals surface area contributed by atoms with Gasteiger partial charge in [-0.2, -0.15) is 0 Å². The highest BCUT2D eigenvalue weighted by molar-refractivity contribution is 8.01. The van der Waals surface area contributed by atoms with Crippen molar-refractivity contribution in [2.45, 2.75) is 42.6 Å². The topological polar surface area (TPSA) is 24.9 Å². The summed E-state index contributed by atoms with van der Waals surface area (Å²) in [7, 11) is 0. The molecule has 0 fully saturated rings. The van der Waals surface area contributed by atoms with E-state index >= 15 is 0 Å². The van der Waals surface area contributed by atoms with Gasteiger partial charge in [0.1, 0.15) is 0 Å². The van der Waals surface area contributed by atoms with Gasteiger partial charge in [0.2, 0.25) is 0 Å². The highest BCUT2D eigenvalue weighted by Crippen LogP contribution is 2.30. The van der Waals surface area contributed by atoms with Crippen LogP contribution in [0.2, 0.25) is 0 Å². The number of rotatable bonds is 5. The Morgan fingerprint density at radius 1 is 1.28 bits per heavy atom. The summed E-state index contributed by atoms with van der Waals surface area (Å²) in [5.74, 6) is 0. The smallest absolute Gasteiger partial charge is 0.154 e. The van der Waals surface area contributed by atoms with Gasteiger partial charge in [-0.3, -0.25) is 0 Å². The van der Waals surface area contributed by atoms with Gasteiger partial charge < -0.3 is 5.32 Å². The van der Waals surface area contributed by atoms with Gasteiger partial charge in [-0.05, 0) is 24.6 Å². The lowest BCUT2D eigenvalue weighted by Crippen LogP contribution is -2.21. The van der Waals surface area contributed by atoms with Gasteiger partial charge in [0.15, 0.2) is 4.34 Å². The van der Waals surface area contributed by atoms with E-state index < -0.39 is 0 Å². The molecule has 2 rings (SSSR count). The van der Waals surface area contributed by atoms with E-state index in [1.54, 1.807) is 23.1 Å². The first kappa shape index (κ1) is 13.6. The molecule has 0 aliphatic heterocycles. The molecule has 0 spiro atoms. The maximum absolute atomic E-state index is 4.46. The third-order valence-corrected chi connectivity index (χ3v) is 4.51. The summed E-state index contributed by atoms with van der Waals surface area (Å²) in [6.45, 7) is 7.28. The molecule has 0 aliphatic rings. The number of aryl methyl sites for hydroxylation is 1. The second-order valence-corrected chi connectivity index (χ2v) is 6.72. The molecule has 0 unspecified atom stereocenters. The van der Waals surface area contributed by atoms with E-state index in [0.29, 0.717) is 6.04 Å². The Balaban J connectivity index is 1.95. The largest absolute Gasteiger partial charge is 0.310 e. The number of hydrogen-bond donors (Lipinski definition) is 1. The summed E-state index contributed by atoms with van der Waals surface area (Å²) in [6.07, 6.45) is 0. The van der Waals surface area contributed by atoms with Crippen LogP contribution in [-0.2, 0) is 6.54 Å². The Morgan fingerprint density at radius 3 is 2.56 bits per heavy atom. The molecule has 2 nitrogen and oxygen atoms in total. The molecule has 0 saturated carbocycles. The zero-order chi connectivity index (χ0) is 13.0. The second-order valence-electron chi connectivity index (χ2n) is 4.54. The molecule has 0 bridgehead atoms. The summed E-state index contributed by atoms with van der Waals surface area (Å²) >= 11 is 3.43. The van der Waals surface area contributed by atoms with E-state index in [9.17, 15) is 0 Å². The molecule has 1 aromatic heterocycles. The second kappa shape index (κ2) is 6.36. The fraction of sp³-hybridized carbons (Fsp3) is 0.357. The van der Waals surface area contributed by atoms with Crippen molar-refractivity contribution in [2.75, 3.05) is 0 Å². The van der Waals surface area contributed by atoms with E-state index in [1.165, 1.54) is 10.5 Å². The minimum Gasteiger partial charge on any atom is -0.310 e. The lowest BCUT2D eigenvalue weighted by molar-refractivity contribution is 0.588. The van der Waals surface area contributed by atoms with Crippen molar-refractivity contribution in [1.29, 1.82) is 0 Å². The first-order valence-corrected chi connectivity index (χ1v) is 7.75. The zero-order valence-electron chi connectivity index (χ0n) is 10.9. The Hall–Kier alpha value is -0.840. The summed E-state index contributed by atoms with van der Waals surface area (Å²) in [4.78, 5) is 5.70. The highest BCUT2D eigenvalue weighted by Gasteiger charge is 2.02. The number of hydrogen-bond acceptors (Lipinski definition) is 4. The van der Waals surface area contributed by atoms with E-state index in [-0.39, 0.29) is 0 Å². The highest BCUT2D eigenvalue weighted by atomic mass is 32.2. The predicted molar refractivity (Wildman–Crippen MR) is 79.4 cm³/mol. The molecule has 0 aliphatic carbocycles. The Labute approximate surface area is 117 Å². The Bertz CT molecular complexity index is 489. The maximum atomic E-state index is 4.46. The number of nitrogens with zero attached hydrogens (tertiary/aromatic N) is 1. The first-order chi connectivity index (χ1) is 8.63. The molecule has 0 saturated heterocycles. The van der Waals surface area contributed by atoms with Crippen LogP contribution >= 0.6 is 23.1 Å². The standard InChI is InChI=1S/C14H18N2S2/c1-10(2)15-8-12-4-6-13(7-5-12)18-14-16-11(3)9-17-14/h4-7,9-10,15H,8H2,1-3H3. The first-order valence-electron chi connectivity index (χ1n) is 6.06. The molecule has 0 atom stereocenters. The zero-order valence-corrected chi connectivity index (χ0v) is 12.6. The number of nitrogens with one attached hydrogen (secondary N) is 1. The summed E-state index contributed by atoms with van der Waals surface area (Å²) < 4.78 is 1.11. The van der Waals surface area contributed by atoms with Gasteiger partial charge >= 0.3 is 0 Å². The fourth-order valence-electron chi connectivity index (χ4n) is 1.48. The van der Waals surface area contributed by atoms with Crippen molar-refractivity contribution in [3.8, 4) is 0 Å². The van der Waals surface area contributed by atoms with Crippen LogP contribution in [0.25, 0.3) is 0 Å². The number of aromatic nitrogens is 1. The third kappa shape index (κ3) is 4.12. The molecule has 96 valence electrons. The number of benzene rings is 1. The van der Waals surface area contributed by atoms with Gasteiger partial charge in [0.25, 0.3) is 0 Å². The van der Waals surface area contributed by atoms with Crippen LogP contribution in [0.3, 0.4) is 0 Å². The van der Waals surface area contributed by atoms with Crippen LogP contribution in [0.4, 0.5) is 0 Å². The number of thiazole rings is 1. The Morgan fingerprint density at radius 2 is 2.00 bits per heavy atom. The van der Waals surface area contributed by atoms with Gasteiger partial charge in [0.05, 0.1) is 0 Å². The lowest BCUT2D eigenvalue weighted by Gasteiger charge is -2.08. The van der Waals surface area contributed by atoms with Crippen molar-refractivity contribution < 1.29 is 0 Å². The van der Waals surface area contributed by atoms with E-state index in [1.807, 2.05) is 6.92 Å². The predicted octanol–water partition coefficient (Wildman–Crippen LogP) is 4.10. The quantitative estimate of drug-likeness (QED) is 0.891. The van der Waals surface area contributed by atoms with Gasteiger partial charge in [0, 0.05) is 28.6 Å². The summed E-state index contributed by atoms with van der Waals surface area (Å²) in [6, 6.07) is 9.21. The molecule has 1 aromatic carbocycles. The van der Waals surface area contributed by atoms with Gasteiger partial charge in [-0.1, -0.05) is 37.7 Å². The van der Waals surface area contributed by atoms with Gasteiger partial charge in [-0.25, -0.2) is 4.98 Å². The van der Waals surface area contributed by atoms with Crippen molar-refractivity contribution in [1.82, 2.24) is 10.3 Å². The van der Waals surface area contributed by atoms with Crippen molar-refractivity contribution in [3.05, 3.63) is 40.9 Å². The molecule has 4 heteroatoms. The molecule has 1 heterocycles. The average molecular weight is 278 g/mol. The SMILES string of the molecule is Cc1csc(Sc2ccc(CNC(C)C)cc2)n1. The summed E-state index contributed by atoms with van der Waals surface area (Å²) in [5.41, 5.74) is 2.42. The Kier molecular flexibility index (Phi) is 4.80. The summed E-state index contributed by atoms with van der Waals surface area (Å²) in [5, 5.41) is 5.50. The monoisotopic (exact) mass is 278 g/mol. The van der Waals surface area contributed by atoms with Crippen LogP contribution in [-0.4, -0.2) is 11.0 Å². The lowest BCUT2D eigenvalue weighted by atomic mass is 10.2. The van der Waals surface area contributed by atoms with E-state index in [4.69, 9.17) is 0 Å². The molecule has 1 N–H and O–H groups in total. The van der Waals surface area contributed by atoms with Crippen LogP contribution < -0.4 is 5.32 Å². The third-order valence-electron chi connectivity index (χ3n) is 2.44. The van der Waals surface area contributed by atoms with Gasteiger partial charge in [-0.15, -0.1) is 11.3 Å². The molecule has 18 heavy (non-hydrogen) atoms. The normalized spacial score (nSPS) is 11.1. The van der Waals surface area contributed by atoms with Crippen molar-refractivity contribution in [2.24, 2.45) is 0 Å². The average Bonchev–Trinajstić information content (AvgIpc) is 2.74. The fourth-order valence-corrected chi connectivity index (χ4v) is 3.29. The minimum absolute atomic E-state index is 0.525. The maximum Gasteiger partial charge on any atom is 0.154 e. The van der Waals surface area contributed by atoms with Crippen LogP contribution in [0.1, 0.15) is 25.1 Å². The van der Waals surface area contributed by atoms with E-state index in [0.717, 1.165) is 16.6 Å². The molecular weight excluding hydrogens is 260 g/mol. The molecule has 0 amide bonds. The minimum atomic E-state index is 0.525. The molecular formula is C14H18N2S2. The van der Waals surface area contributed by atoms with Crippen molar-refractivity contribution in [3.63, 3.8) is 0 Å². The molecule has 0 radical (unpaired) electrons.